The van der Waals surface area contributed by atoms with E-state index in [-0.39, 0.29) is 24.0 Å². The Morgan fingerprint density at radius 3 is 2.59 bits per heavy atom. The minimum absolute atomic E-state index is 0.178. The molecule has 98 valence electrons. The molecule has 3 N–H and O–H groups in total. The largest absolute Gasteiger partial charge is 0.481 e. The fourth-order valence-electron chi connectivity index (χ4n) is 3.26. The number of aliphatic carboxylic acids is 1. The van der Waals surface area contributed by atoms with Gasteiger partial charge in [-0.25, -0.2) is 0 Å². The van der Waals surface area contributed by atoms with Gasteiger partial charge < -0.3 is 15.5 Å². The predicted octanol–water partition coefficient (Wildman–Crippen LogP) is 1.38. The van der Waals surface area contributed by atoms with E-state index in [4.69, 9.17) is 5.11 Å². The third kappa shape index (κ3) is 3.19. The average molecular weight is 241 g/mol. The van der Waals surface area contributed by atoms with E-state index in [0.717, 1.165) is 45.1 Å². The van der Waals surface area contributed by atoms with Crippen LogP contribution in [-0.2, 0) is 4.79 Å². The predicted molar refractivity (Wildman–Crippen MR) is 64.7 cm³/mol. The first-order chi connectivity index (χ1) is 8.18. The van der Waals surface area contributed by atoms with Gasteiger partial charge in [0.05, 0.1) is 12.0 Å². The van der Waals surface area contributed by atoms with Gasteiger partial charge in [0.2, 0.25) is 0 Å². The quantitative estimate of drug-likeness (QED) is 0.695. The Labute approximate surface area is 102 Å². The van der Waals surface area contributed by atoms with Crippen LogP contribution in [0.1, 0.15) is 44.9 Å². The summed E-state index contributed by atoms with van der Waals surface area (Å²) < 4.78 is 0. The summed E-state index contributed by atoms with van der Waals surface area (Å²) in [4.78, 5) is 11.1. The van der Waals surface area contributed by atoms with Crippen LogP contribution >= 0.6 is 0 Å². The summed E-state index contributed by atoms with van der Waals surface area (Å²) in [5.41, 5.74) is 0. The van der Waals surface area contributed by atoms with Crippen LogP contribution < -0.4 is 5.32 Å². The number of rotatable bonds is 4. The molecule has 0 saturated heterocycles. The van der Waals surface area contributed by atoms with Crippen LogP contribution in [0, 0.1) is 11.8 Å². The normalized spacial score (nSPS) is 38.2. The standard InChI is InChI=1S/C13H23NO3/c15-12-7-2-1-6-11(12)14-8-9-4-3-5-10(9)13(16)17/h9-12,14-15H,1-8H2,(H,16,17). The van der Waals surface area contributed by atoms with Gasteiger partial charge in [0, 0.05) is 6.04 Å². The van der Waals surface area contributed by atoms with Crippen molar-refractivity contribution < 1.29 is 15.0 Å². The number of carboxylic acids is 1. The van der Waals surface area contributed by atoms with Crippen molar-refractivity contribution in [3.05, 3.63) is 0 Å². The SMILES string of the molecule is O=C(O)C1CCCC1CNC1CCCCC1O. The van der Waals surface area contributed by atoms with Crippen molar-refractivity contribution in [2.24, 2.45) is 11.8 Å². The Morgan fingerprint density at radius 1 is 1.12 bits per heavy atom. The second-order valence-corrected chi connectivity index (χ2v) is 5.50. The van der Waals surface area contributed by atoms with Crippen molar-refractivity contribution in [3.63, 3.8) is 0 Å². The average Bonchev–Trinajstić information content (AvgIpc) is 2.76. The van der Waals surface area contributed by atoms with Crippen molar-refractivity contribution in [2.75, 3.05) is 6.54 Å². The van der Waals surface area contributed by atoms with Crippen LogP contribution in [0.15, 0.2) is 0 Å². The van der Waals surface area contributed by atoms with Crippen LogP contribution in [0.25, 0.3) is 0 Å². The highest BCUT2D eigenvalue weighted by Gasteiger charge is 2.33. The van der Waals surface area contributed by atoms with E-state index in [1.165, 1.54) is 6.42 Å². The van der Waals surface area contributed by atoms with Gasteiger partial charge in [0.25, 0.3) is 0 Å². The zero-order chi connectivity index (χ0) is 12.3. The summed E-state index contributed by atoms with van der Waals surface area (Å²) in [6.45, 7) is 0.749. The number of aliphatic hydroxyl groups is 1. The van der Waals surface area contributed by atoms with Crippen molar-refractivity contribution >= 4 is 5.97 Å². The van der Waals surface area contributed by atoms with Gasteiger partial charge in [-0.1, -0.05) is 19.3 Å². The molecule has 2 fully saturated rings. The summed E-state index contributed by atoms with van der Waals surface area (Å²) in [5, 5.41) is 22.3. The Kier molecular flexibility index (Phi) is 4.40. The fraction of sp³-hybridized carbons (Fsp3) is 0.923. The van der Waals surface area contributed by atoms with E-state index >= 15 is 0 Å². The van der Waals surface area contributed by atoms with Gasteiger partial charge in [0.15, 0.2) is 0 Å². The lowest BCUT2D eigenvalue weighted by Crippen LogP contribution is -2.44. The molecule has 2 aliphatic carbocycles. The Bertz CT molecular complexity index is 269. The van der Waals surface area contributed by atoms with Crippen LogP contribution in [0.2, 0.25) is 0 Å². The molecule has 0 radical (unpaired) electrons. The van der Waals surface area contributed by atoms with Crippen molar-refractivity contribution in [1.29, 1.82) is 0 Å². The van der Waals surface area contributed by atoms with Gasteiger partial charge in [-0.3, -0.25) is 4.79 Å². The van der Waals surface area contributed by atoms with E-state index in [2.05, 4.69) is 5.32 Å². The molecule has 0 aromatic heterocycles. The maximum Gasteiger partial charge on any atom is 0.306 e. The lowest BCUT2D eigenvalue weighted by Gasteiger charge is -2.30. The number of carboxylic acid groups (broad SMARTS) is 1. The first kappa shape index (κ1) is 12.8. The molecule has 2 rings (SSSR count). The summed E-state index contributed by atoms with van der Waals surface area (Å²) >= 11 is 0. The number of aliphatic hydroxyl groups excluding tert-OH is 1. The zero-order valence-electron chi connectivity index (χ0n) is 10.3. The molecule has 0 aliphatic heterocycles. The monoisotopic (exact) mass is 241 g/mol. The summed E-state index contributed by atoms with van der Waals surface area (Å²) in [6, 6.07) is 0.179. The molecular formula is C13H23NO3. The zero-order valence-corrected chi connectivity index (χ0v) is 10.3. The minimum atomic E-state index is -0.654. The molecule has 2 aliphatic rings. The number of hydrogen-bond acceptors (Lipinski definition) is 3. The highest BCUT2D eigenvalue weighted by atomic mass is 16.4. The summed E-state index contributed by atoms with van der Waals surface area (Å²) in [7, 11) is 0. The lowest BCUT2D eigenvalue weighted by molar-refractivity contribution is -0.142. The summed E-state index contributed by atoms with van der Waals surface area (Å²) in [5.74, 6) is -0.580. The van der Waals surface area contributed by atoms with E-state index in [9.17, 15) is 9.90 Å². The van der Waals surface area contributed by atoms with Gasteiger partial charge >= 0.3 is 5.97 Å². The van der Waals surface area contributed by atoms with E-state index in [1.54, 1.807) is 0 Å². The number of nitrogens with one attached hydrogen (secondary N) is 1. The molecule has 4 heteroatoms. The highest BCUT2D eigenvalue weighted by Crippen LogP contribution is 2.31. The molecule has 0 aromatic carbocycles. The topological polar surface area (TPSA) is 69.6 Å². The molecule has 4 nitrogen and oxygen atoms in total. The smallest absolute Gasteiger partial charge is 0.306 e. The van der Waals surface area contributed by atoms with Crippen molar-refractivity contribution in [2.45, 2.75) is 57.1 Å². The number of carbonyl (C=O) groups is 1. The second-order valence-electron chi connectivity index (χ2n) is 5.50. The third-order valence-corrected chi connectivity index (χ3v) is 4.35. The maximum absolute atomic E-state index is 11.1. The first-order valence-corrected chi connectivity index (χ1v) is 6.82. The fourth-order valence-corrected chi connectivity index (χ4v) is 3.26. The second kappa shape index (κ2) is 5.83. The van der Waals surface area contributed by atoms with Gasteiger partial charge in [0.1, 0.15) is 0 Å². The highest BCUT2D eigenvalue weighted by molar-refractivity contribution is 5.70. The molecule has 0 amide bonds. The Morgan fingerprint density at radius 2 is 1.88 bits per heavy atom. The van der Waals surface area contributed by atoms with Crippen LogP contribution in [0.4, 0.5) is 0 Å². The third-order valence-electron chi connectivity index (χ3n) is 4.35. The Balaban J connectivity index is 1.78. The van der Waals surface area contributed by atoms with E-state index in [0.29, 0.717) is 0 Å². The van der Waals surface area contributed by atoms with Crippen molar-refractivity contribution in [1.82, 2.24) is 5.32 Å². The maximum atomic E-state index is 11.1. The molecule has 4 atom stereocenters. The molecule has 0 bridgehead atoms. The molecule has 0 spiro atoms. The van der Waals surface area contributed by atoms with Gasteiger partial charge in [-0.15, -0.1) is 0 Å². The van der Waals surface area contributed by atoms with Crippen LogP contribution in [0.5, 0.6) is 0 Å². The number of hydrogen-bond donors (Lipinski definition) is 3. The van der Waals surface area contributed by atoms with Crippen LogP contribution in [0.3, 0.4) is 0 Å². The molecule has 17 heavy (non-hydrogen) atoms. The molecule has 2 saturated carbocycles. The van der Waals surface area contributed by atoms with Crippen molar-refractivity contribution in [3.8, 4) is 0 Å². The summed E-state index contributed by atoms with van der Waals surface area (Å²) in [6.07, 6.45) is 6.78. The molecular weight excluding hydrogens is 218 g/mol. The molecule has 0 aromatic rings. The van der Waals surface area contributed by atoms with Gasteiger partial charge in [-0.2, -0.15) is 0 Å². The minimum Gasteiger partial charge on any atom is -0.481 e. The van der Waals surface area contributed by atoms with E-state index in [1.807, 2.05) is 0 Å². The molecule has 0 heterocycles. The molecule has 4 unspecified atom stereocenters. The van der Waals surface area contributed by atoms with Gasteiger partial charge in [-0.05, 0) is 38.1 Å². The van der Waals surface area contributed by atoms with E-state index < -0.39 is 5.97 Å². The lowest BCUT2D eigenvalue weighted by atomic mass is 9.91. The Hall–Kier alpha value is -0.610. The first-order valence-electron chi connectivity index (χ1n) is 6.82. The van der Waals surface area contributed by atoms with Crippen LogP contribution in [-0.4, -0.2) is 34.9 Å².